The van der Waals surface area contributed by atoms with Crippen LogP contribution in [-0.4, -0.2) is 51.7 Å². The van der Waals surface area contributed by atoms with Crippen LogP contribution >= 0.6 is 12.4 Å². The number of hydrogen-bond acceptors (Lipinski definition) is 5. The van der Waals surface area contributed by atoms with E-state index in [-0.39, 0.29) is 36.7 Å². The standard InChI is InChI=1S/C11H17N5O3.ClH/c1-12-7-9-3-2-5-15(9)11(17)8-14-6-4-10(13-14)16(18)19;/h4,6,9,12H,2-3,5,7-8H2,1H3;1H. The van der Waals surface area contributed by atoms with Gasteiger partial charge in [-0.15, -0.1) is 12.4 Å². The Balaban J connectivity index is 0.00000200. The second-order valence-corrected chi connectivity index (χ2v) is 4.57. The Hall–Kier alpha value is -1.67. The number of amides is 1. The van der Waals surface area contributed by atoms with Gasteiger partial charge in [-0.3, -0.25) is 4.79 Å². The van der Waals surface area contributed by atoms with Crippen molar-refractivity contribution in [2.75, 3.05) is 20.1 Å². The highest BCUT2D eigenvalue weighted by Crippen LogP contribution is 2.17. The van der Waals surface area contributed by atoms with Crippen molar-refractivity contribution in [3.63, 3.8) is 0 Å². The monoisotopic (exact) mass is 303 g/mol. The molecule has 20 heavy (non-hydrogen) atoms. The van der Waals surface area contributed by atoms with Crippen LogP contribution in [-0.2, 0) is 11.3 Å². The molecule has 1 amide bonds. The molecule has 1 N–H and O–H groups in total. The van der Waals surface area contributed by atoms with Crippen LogP contribution in [0.1, 0.15) is 12.8 Å². The van der Waals surface area contributed by atoms with Crippen molar-refractivity contribution in [3.05, 3.63) is 22.4 Å². The highest BCUT2D eigenvalue weighted by atomic mass is 35.5. The van der Waals surface area contributed by atoms with Crippen LogP contribution < -0.4 is 5.32 Å². The lowest BCUT2D eigenvalue weighted by Gasteiger charge is -2.24. The number of likely N-dealkylation sites (N-methyl/N-ethyl adjacent to an activating group) is 1. The molecule has 0 bridgehead atoms. The van der Waals surface area contributed by atoms with Crippen molar-refractivity contribution >= 4 is 24.1 Å². The third-order valence-corrected chi connectivity index (χ3v) is 3.25. The molecule has 8 nitrogen and oxygen atoms in total. The van der Waals surface area contributed by atoms with E-state index in [1.807, 2.05) is 11.9 Å². The van der Waals surface area contributed by atoms with E-state index in [2.05, 4.69) is 10.4 Å². The van der Waals surface area contributed by atoms with Crippen molar-refractivity contribution in [2.45, 2.75) is 25.4 Å². The maximum atomic E-state index is 12.1. The SMILES string of the molecule is CNCC1CCCN1C(=O)Cn1ccc([N+](=O)[O-])n1.Cl. The Morgan fingerprint density at radius 3 is 3.00 bits per heavy atom. The minimum atomic E-state index is -0.569. The van der Waals surface area contributed by atoms with E-state index in [4.69, 9.17) is 0 Å². The number of likely N-dealkylation sites (tertiary alicyclic amines) is 1. The molecule has 1 atom stereocenters. The molecule has 0 radical (unpaired) electrons. The molecule has 1 aliphatic heterocycles. The smallest absolute Gasteiger partial charge is 0.358 e. The average Bonchev–Trinajstić information content (AvgIpc) is 2.98. The van der Waals surface area contributed by atoms with Crippen molar-refractivity contribution in [3.8, 4) is 0 Å². The van der Waals surface area contributed by atoms with Crippen LogP contribution in [0.4, 0.5) is 5.82 Å². The number of hydrogen-bond donors (Lipinski definition) is 1. The van der Waals surface area contributed by atoms with Crippen molar-refractivity contribution in [1.82, 2.24) is 20.0 Å². The van der Waals surface area contributed by atoms with Gasteiger partial charge in [-0.1, -0.05) is 0 Å². The molecule has 1 aromatic rings. The van der Waals surface area contributed by atoms with Gasteiger partial charge < -0.3 is 20.3 Å². The van der Waals surface area contributed by atoms with Gasteiger partial charge in [0.15, 0.2) is 0 Å². The van der Waals surface area contributed by atoms with Gasteiger partial charge in [0.25, 0.3) is 0 Å². The molecule has 112 valence electrons. The van der Waals surface area contributed by atoms with E-state index >= 15 is 0 Å². The van der Waals surface area contributed by atoms with Gasteiger partial charge in [0.05, 0.1) is 17.4 Å². The first-order valence-electron chi connectivity index (χ1n) is 6.23. The van der Waals surface area contributed by atoms with Crippen molar-refractivity contribution < 1.29 is 9.72 Å². The van der Waals surface area contributed by atoms with E-state index in [1.165, 1.54) is 16.9 Å². The summed E-state index contributed by atoms with van der Waals surface area (Å²) >= 11 is 0. The number of nitro groups is 1. The lowest BCUT2D eigenvalue weighted by atomic mass is 10.2. The topological polar surface area (TPSA) is 93.3 Å². The largest absolute Gasteiger partial charge is 0.389 e. The highest BCUT2D eigenvalue weighted by Gasteiger charge is 2.28. The molecule has 0 aromatic carbocycles. The lowest BCUT2D eigenvalue weighted by molar-refractivity contribution is -0.389. The molecule has 1 unspecified atom stereocenters. The summed E-state index contributed by atoms with van der Waals surface area (Å²) in [4.78, 5) is 23.9. The van der Waals surface area contributed by atoms with E-state index in [1.54, 1.807) is 0 Å². The fourth-order valence-electron chi connectivity index (χ4n) is 2.38. The van der Waals surface area contributed by atoms with Gasteiger partial charge in [-0.2, -0.15) is 4.68 Å². The van der Waals surface area contributed by atoms with E-state index in [9.17, 15) is 14.9 Å². The second-order valence-electron chi connectivity index (χ2n) is 4.57. The van der Waals surface area contributed by atoms with E-state index < -0.39 is 4.92 Å². The van der Waals surface area contributed by atoms with Crippen molar-refractivity contribution in [2.24, 2.45) is 0 Å². The zero-order valence-corrected chi connectivity index (χ0v) is 12.0. The first-order valence-corrected chi connectivity index (χ1v) is 6.23. The Kier molecular flexibility index (Phi) is 5.90. The quantitative estimate of drug-likeness (QED) is 0.628. The molecule has 1 aliphatic rings. The van der Waals surface area contributed by atoms with E-state index in [0.29, 0.717) is 0 Å². The summed E-state index contributed by atoms with van der Waals surface area (Å²) in [6.07, 6.45) is 3.45. The first kappa shape index (κ1) is 16.4. The summed E-state index contributed by atoms with van der Waals surface area (Å²) < 4.78 is 1.31. The summed E-state index contributed by atoms with van der Waals surface area (Å²) in [5, 5.41) is 17.3. The third-order valence-electron chi connectivity index (χ3n) is 3.25. The predicted molar refractivity (Wildman–Crippen MR) is 74.8 cm³/mol. The molecule has 2 heterocycles. The van der Waals surface area contributed by atoms with Crippen LogP contribution in [0.2, 0.25) is 0 Å². The fraction of sp³-hybridized carbons (Fsp3) is 0.636. The summed E-state index contributed by atoms with van der Waals surface area (Å²) in [6, 6.07) is 1.51. The zero-order valence-electron chi connectivity index (χ0n) is 11.2. The molecule has 0 spiro atoms. The van der Waals surface area contributed by atoms with Gasteiger partial charge in [0, 0.05) is 19.1 Å². The summed E-state index contributed by atoms with van der Waals surface area (Å²) in [7, 11) is 1.86. The van der Waals surface area contributed by atoms with Gasteiger partial charge in [-0.05, 0) is 24.8 Å². The van der Waals surface area contributed by atoms with Gasteiger partial charge >= 0.3 is 5.82 Å². The molecule has 1 fully saturated rings. The molecule has 0 saturated carbocycles. The Morgan fingerprint density at radius 2 is 2.40 bits per heavy atom. The normalized spacial score (nSPS) is 17.9. The Labute approximate surface area is 122 Å². The molecular weight excluding hydrogens is 286 g/mol. The molecule has 2 rings (SSSR count). The molecule has 0 aliphatic carbocycles. The van der Waals surface area contributed by atoms with Crippen molar-refractivity contribution in [1.29, 1.82) is 0 Å². The maximum Gasteiger partial charge on any atom is 0.389 e. The number of aromatic nitrogens is 2. The van der Waals surface area contributed by atoms with Crippen LogP contribution in [0, 0.1) is 10.1 Å². The predicted octanol–water partition coefficient (Wildman–Crippen LogP) is 0.424. The summed E-state index contributed by atoms with van der Waals surface area (Å²) in [5.41, 5.74) is 0. The Morgan fingerprint density at radius 1 is 1.65 bits per heavy atom. The minimum Gasteiger partial charge on any atom is -0.358 e. The van der Waals surface area contributed by atoms with Gasteiger partial charge in [0.2, 0.25) is 5.91 Å². The van der Waals surface area contributed by atoms with Crippen LogP contribution in [0.15, 0.2) is 12.3 Å². The first-order chi connectivity index (χ1) is 9.11. The molecule has 9 heteroatoms. The summed E-state index contributed by atoms with van der Waals surface area (Å²) in [6.45, 7) is 1.56. The van der Waals surface area contributed by atoms with Crippen LogP contribution in [0.5, 0.6) is 0 Å². The zero-order chi connectivity index (χ0) is 13.8. The van der Waals surface area contributed by atoms with Gasteiger partial charge in [0.1, 0.15) is 6.54 Å². The minimum absolute atomic E-state index is 0. The van der Waals surface area contributed by atoms with Gasteiger partial charge in [-0.25, -0.2) is 0 Å². The Bertz CT molecular complexity index is 478. The number of halogens is 1. The third kappa shape index (κ3) is 3.67. The number of rotatable bonds is 5. The molecular formula is C11H18ClN5O3. The molecule has 1 saturated heterocycles. The van der Waals surface area contributed by atoms with E-state index in [0.717, 1.165) is 25.9 Å². The number of carbonyl (C=O) groups is 1. The lowest BCUT2D eigenvalue weighted by Crippen LogP contribution is -2.42. The highest BCUT2D eigenvalue weighted by molar-refractivity contribution is 5.85. The van der Waals surface area contributed by atoms with Crippen LogP contribution in [0.3, 0.4) is 0 Å². The maximum absolute atomic E-state index is 12.1. The number of carbonyl (C=O) groups excluding carboxylic acids is 1. The number of nitrogens with one attached hydrogen (secondary N) is 1. The summed E-state index contributed by atoms with van der Waals surface area (Å²) in [5.74, 6) is -0.281. The second kappa shape index (κ2) is 7.20. The average molecular weight is 304 g/mol. The number of nitrogens with zero attached hydrogens (tertiary/aromatic N) is 4. The molecule has 1 aromatic heterocycles. The van der Waals surface area contributed by atoms with Crippen LogP contribution in [0.25, 0.3) is 0 Å². The fourth-order valence-corrected chi connectivity index (χ4v) is 2.38.